The van der Waals surface area contributed by atoms with Crippen LogP contribution in [0, 0.1) is 0 Å². The Hall–Kier alpha value is -2.82. The molecule has 0 radical (unpaired) electrons. The standard InChI is InChI=1S/C18H17N3O2/c22-18(20-15-7-4-8-17-14(15)9-10-23-17)16-11-19-12-21(16)13-5-2-1-3-6-13/h1-3,5-6,9-12,15H,4,7-8H2,(H,20,22)/t15-/m0/s1. The van der Waals surface area contributed by atoms with Crippen LogP contribution in [0.2, 0.25) is 0 Å². The number of aryl methyl sites for hydroxylation is 1. The predicted molar refractivity (Wildman–Crippen MR) is 85.4 cm³/mol. The maximum absolute atomic E-state index is 12.7. The average molecular weight is 307 g/mol. The molecule has 116 valence electrons. The van der Waals surface area contributed by atoms with E-state index in [1.807, 2.05) is 36.4 Å². The van der Waals surface area contributed by atoms with E-state index in [2.05, 4.69) is 10.3 Å². The molecule has 0 saturated carbocycles. The quantitative estimate of drug-likeness (QED) is 0.808. The molecule has 1 aliphatic rings. The van der Waals surface area contributed by atoms with Gasteiger partial charge in [-0.3, -0.25) is 9.36 Å². The number of nitrogens with one attached hydrogen (secondary N) is 1. The van der Waals surface area contributed by atoms with Crippen LogP contribution in [0.25, 0.3) is 5.69 Å². The Labute approximate surface area is 134 Å². The lowest BCUT2D eigenvalue weighted by Crippen LogP contribution is -2.31. The highest BCUT2D eigenvalue weighted by molar-refractivity contribution is 5.93. The van der Waals surface area contributed by atoms with Crippen LogP contribution in [-0.2, 0) is 6.42 Å². The zero-order valence-electron chi connectivity index (χ0n) is 12.6. The lowest BCUT2D eigenvalue weighted by atomic mass is 9.93. The van der Waals surface area contributed by atoms with Crippen molar-refractivity contribution >= 4 is 5.91 Å². The molecule has 4 rings (SSSR count). The number of nitrogens with zero attached hydrogens (tertiary/aromatic N) is 2. The average Bonchev–Trinajstić information content (AvgIpc) is 3.25. The van der Waals surface area contributed by atoms with Crippen molar-refractivity contribution in [3.63, 3.8) is 0 Å². The van der Waals surface area contributed by atoms with Crippen LogP contribution in [0.1, 0.15) is 40.7 Å². The van der Waals surface area contributed by atoms with E-state index in [4.69, 9.17) is 4.42 Å². The number of hydrogen-bond donors (Lipinski definition) is 1. The lowest BCUT2D eigenvalue weighted by molar-refractivity contribution is 0.0925. The molecule has 2 heterocycles. The molecule has 0 saturated heterocycles. The highest BCUT2D eigenvalue weighted by atomic mass is 16.3. The second-order valence-corrected chi connectivity index (χ2v) is 5.70. The first-order chi connectivity index (χ1) is 11.3. The highest BCUT2D eigenvalue weighted by Gasteiger charge is 2.25. The molecule has 2 aromatic heterocycles. The first kappa shape index (κ1) is 13.8. The van der Waals surface area contributed by atoms with Crippen LogP contribution >= 0.6 is 0 Å². The lowest BCUT2D eigenvalue weighted by Gasteiger charge is -2.22. The molecular weight excluding hydrogens is 290 g/mol. The number of furan rings is 1. The number of amides is 1. The third-order valence-corrected chi connectivity index (χ3v) is 4.26. The number of carbonyl (C=O) groups is 1. The Morgan fingerprint density at radius 2 is 2.13 bits per heavy atom. The maximum atomic E-state index is 12.7. The Morgan fingerprint density at radius 3 is 3.00 bits per heavy atom. The van der Waals surface area contributed by atoms with Crippen LogP contribution in [0.15, 0.2) is 59.6 Å². The Morgan fingerprint density at radius 1 is 1.26 bits per heavy atom. The van der Waals surface area contributed by atoms with Crippen LogP contribution in [0.4, 0.5) is 0 Å². The second-order valence-electron chi connectivity index (χ2n) is 5.70. The third-order valence-electron chi connectivity index (χ3n) is 4.26. The summed E-state index contributed by atoms with van der Waals surface area (Å²) in [5, 5.41) is 3.11. The predicted octanol–water partition coefficient (Wildman–Crippen LogP) is 3.27. The van der Waals surface area contributed by atoms with E-state index in [0.29, 0.717) is 5.69 Å². The molecule has 5 heteroatoms. The van der Waals surface area contributed by atoms with Crippen molar-refractivity contribution < 1.29 is 9.21 Å². The van der Waals surface area contributed by atoms with E-state index in [-0.39, 0.29) is 11.9 Å². The second kappa shape index (κ2) is 5.76. The van der Waals surface area contributed by atoms with Crippen molar-refractivity contribution in [2.75, 3.05) is 0 Å². The number of hydrogen-bond acceptors (Lipinski definition) is 3. The van der Waals surface area contributed by atoms with Crippen molar-refractivity contribution in [3.8, 4) is 5.69 Å². The molecule has 0 fully saturated rings. The summed E-state index contributed by atoms with van der Waals surface area (Å²) in [6.07, 6.45) is 7.84. The number of para-hydroxylation sites is 1. The smallest absolute Gasteiger partial charge is 0.270 e. The van der Waals surface area contributed by atoms with Gasteiger partial charge in [-0.05, 0) is 31.0 Å². The Kier molecular flexibility index (Phi) is 3.46. The van der Waals surface area contributed by atoms with Crippen molar-refractivity contribution in [1.82, 2.24) is 14.9 Å². The number of rotatable bonds is 3. The van der Waals surface area contributed by atoms with Gasteiger partial charge >= 0.3 is 0 Å². The fraction of sp³-hybridized carbons (Fsp3) is 0.222. The monoisotopic (exact) mass is 307 g/mol. The minimum Gasteiger partial charge on any atom is -0.469 e. The van der Waals surface area contributed by atoms with E-state index in [0.717, 1.165) is 36.3 Å². The van der Waals surface area contributed by atoms with Crippen LogP contribution < -0.4 is 5.32 Å². The van der Waals surface area contributed by atoms with Gasteiger partial charge in [-0.25, -0.2) is 4.98 Å². The van der Waals surface area contributed by atoms with E-state index >= 15 is 0 Å². The Bertz CT molecular complexity index is 820. The largest absolute Gasteiger partial charge is 0.469 e. The number of imidazole rings is 1. The van der Waals surface area contributed by atoms with Crippen molar-refractivity contribution in [1.29, 1.82) is 0 Å². The normalized spacial score (nSPS) is 16.8. The van der Waals surface area contributed by atoms with Gasteiger partial charge in [0.05, 0.1) is 24.8 Å². The number of benzene rings is 1. The summed E-state index contributed by atoms with van der Waals surface area (Å²) in [6.45, 7) is 0. The summed E-state index contributed by atoms with van der Waals surface area (Å²) < 4.78 is 7.28. The zero-order chi connectivity index (χ0) is 15.6. The van der Waals surface area contributed by atoms with Gasteiger partial charge < -0.3 is 9.73 Å². The molecule has 23 heavy (non-hydrogen) atoms. The van der Waals surface area contributed by atoms with Gasteiger partial charge in [0.2, 0.25) is 0 Å². The van der Waals surface area contributed by atoms with E-state index in [9.17, 15) is 4.79 Å². The summed E-state index contributed by atoms with van der Waals surface area (Å²) >= 11 is 0. The van der Waals surface area contributed by atoms with Gasteiger partial charge in [0.25, 0.3) is 5.91 Å². The molecule has 0 unspecified atom stereocenters. The molecule has 0 bridgehead atoms. The van der Waals surface area contributed by atoms with Crippen molar-refractivity contribution in [2.24, 2.45) is 0 Å². The van der Waals surface area contributed by atoms with Crippen molar-refractivity contribution in [2.45, 2.75) is 25.3 Å². The van der Waals surface area contributed by atoms with Gasteiger partial charge in [0, 0.05) is 17.7 Å². The minimum atomic E-state index is -0.120. The first-order valence-corrected chi connectivity index (χ1v) is 7.78. The molecule has 1 N–H and O–H groups in total. The van der Waals surface area contributed by atoms with Gasteiger partial charge in [-0.1, -0.05) is 18.2 Å². The molecule has 0 aliphatic heterocycles. The topological polar surface area (TPSA) is 60.1 Å². The highest BCUT2D eigenvalue weighted by Crippen LogP contribution is 2.30. The molecule has 0 spiro atoms. The summed E-state index contributed by atoms with van der Waals surface area (Å²) in [5.41, 5.74) is 2.55. The van der Waals surface area contributed by atoms with Gasteiger partial charge in [-0.15, -0.1) is 0 Å². The molecule has 1 aromatic carbocycles. The van der Waals surface area contributed by atoms with E-state index < -0.39 is 0 Å². The van der Waals surface area contributed by atoms with Gasteiger partial charge in [0.1, 0.15) is 11.5 Å². The summed E-state index contributed by atoms with van der Waals surface area (Å²) in [5.74, 6) is 0.864. The molecular formula is C18H17N3O2. The fourth-order valence-electron chi connectivity index (χ4n) is 3.13. The summed E-state index contributed by atoms with van der Waals surface area (Å²) in [6, 6.07) is 11.7. The number of fused-ring (bicyclic) bond motifs is 1. The molecule has 1 atom stereocenters. The summed E-state index contributed by atoms with van der Waals surface area (Å²) in [7, 11) is 0. The van der Waals surface area contributed by atoms with Gasteiger partial charge in [-0.2, -0.15) is 0 Å². The summed E-state index contributed by atoms with van der Waals surface area (Å²) in [4.78, 5) is 16.8. The van der Waals surface area contributed by atoms with Gasteiger partial charge in [0.15, 0.2) is 0 Å². The number of aromatic nitrogens is 2. The molecule has 3 aromatic rings. The SMILES string of the molecule is O=C(N[C@H]1CCCc2occc21)c1cncn1-c1ccccc1. The third kappa shape index (κ3) is 2.54. The minimum absolute atomic E-state index is 0.00382. The molecule has 1 amide bonds. The molecule has 1 aliphatic carbocycles. The number of carbonyl (C=O) groups excluding carboxylic acids is 1. The zero-order valence-corrected chi connectivity index (χ0v) is 12.6. The van der Waals surface area contributed by atoms with Crippen molar-refractivity contribution in [3.05, 3.63) is 72.2 Å². The van der Waals surface area contributed by atoms with Crippen LogP contribution in [0.3, 0.4) is 0 Å². The van der Waals surface area contributed by atoms with Crippen LogP contribution in [-0.4, -0.2) is 15.5 Å². The van der Waals surface area contributed by atoms with Crippen LogP contribution in [0.5, 0.6) is 0 Å². The first-order valence-electron chi connectivity index (χ1n) is 7.78. The van der Waals surface area contributed by atoms with E-state index in [1.165, 1.54) is 0 Å². The maximum Gasteiger partial charge on any atom is 0.270 e. The Balaban J connectivity index is 1.59. The molecule has 5 nitrogen and oxygen atoms in total. The fourth-order valence-corrected chi connectivity index (χ4v) is 3.13. The van der Waals surface area contributed by atoms with E-state index in [1.54, 1.807) is 23.4 Å².